The van der Waals surface area contributed by atoms with Crippen molar-refractivity contribution in [3.05, 3.63) is 62.6 Å². The number of aryl methyl sites for hydroxylation is 1. The van der Waals surface area contributed by atoms with Crippen molar-refractivity contribution in [1.82, 2.24) is 5.32 Å². The molecule has 0 saturated heterocycles. The molecule has 0 saturated carbocycles. The minimum Gasteiger partial charge on any atom is -0.322 e. The summed E-state index contributed by atoms with van der Waals surface area (Å²) in [6.07, 6.45) is 0. The van der Waals surface area contributed by atoms with Crippen LogP contribution in [0, 0.1) is 6.92 Å². The molecule has 0 heterocycles. The highest BCUT2D eigenvalue weighted by molar-refractivity contribution is 6.40. The van der Waals surface area contributed by atoms with Crippen LogP contribution in [0.4, 0.5) is 5.69 Å². The van der Waals surface area contributed by atoms with Crippen LogP contribution in [0.25, 0.3) is 0 Å². The average Bonchev–Trinajstić information content (AvgIpc) is 2.53. The van der Waals surface area contributed by atoms with Gasteiger partial charge < -0.3 is 10.6 Å². The zero-order valence-electron chi connectivity index (χ0n) is 12.8. The fraction of sp³-hybridized carbons (Fsp3) is 0.235. The van der Waals surface area contributed by atoms with E-state index in [1.807, 2.05) is 38.1 Å². The van der Waals surface area contributed by atoms with Crippen molar-refractivity contribution in [2.45, 2.75) is 19.9 Å². The predicted octanol–water partition coefficient (Wildman–Crippen LogP) is 5.24. The highest BCUT2D eigenvalue weighted by Crippen LogP contribution is 2.32. The zero-order chi connectivity index (χ0) is 17.0. The van der Waals surface area contributed by atoms with Gasteiger partial charge in [-0.3, -0.25) is 4.79 Å². The summed E-state index contributed by atoms with van der Waals surface area (Å²) in [5.74, 6) is -0.208. The first-order chi connectivity index (χ1) is 10.9. The van der Waals surface area contributed by atoms with Crippen LogP contribution in [0.2, 0.25) is 15.1 Å². The third kappa shape index (κ3) is 4.85. The largest absolute Gasteiger partial charge is 0.322 e. The van der Waals surface area contributed by atoms with Gasteiger partial charge in [-0.25, -0.2) is 0 Å². The van der Waals surface area contributed by atoms with E-state index in [9.17, 15) is 4.79 Å². The van der Waals surface area contributed by atoms with Crippen molar-refractivity contribution in [2.24, 2.45) is 0 Å². The first-order valence-corrected chi connectivity index (χ1v) is 8.25. The summed E-state index contributed by atoms with van der Waals surface area (Å²) in [4.78, 5) is 12.1. The molecule has 2 aromatic carbocycles. The van der Waals surface area contributed by atoms with E-state index >= 15 is 0 Å². The summed E-state index contributed by atoms with van der Waals surface area (Å²) >= 11 is 18.1. The summed E-state index contributed by atoms with van der Waals surface area (Å²) in [6, 6.07) is 11.0. The zero-order valence-corrected chi connectivity index (χ0v) is 15.1. The lowest BCUT2D eigenvalue weighted by molar-refractivity contribution is -0.115. The Morgan fingerprint density at radius 3 is 2.39 bits per heavy atom. The highest BCUT2D eigenvalue weighted by atomic mass is 35.5. The first-order valence-electron chi connectivity index (χ1n) is 7.11. The monoisotopic (exact) mass is 370 g/mol. The Morgan fingerprint density at radius 1 is 1.09 bits per heavy atom. The number of rotatable bonds is 5. The van der Waals surface area contributed by atoms with Crippen LogP contribution in [0.5, 0.6) is 0 Å². The van der Waals surface area contributed by atoms with E-state index in [0.717, 1.165) is 11.1 Å². The molecule has 23 heavy (non-hydrogen) atoms. The molecular weight excluding hydrogens is 355 g/mol. The van der Waals surface area contributed by atoms with E-state index in [1.165, 1.54) is 0 Å². The van der Waals surface area contributed by atoms with E-state index in [0.29, 0.717) is 20.8 Å². The van der Waals surface area contributed by atoms with Crippen LogP contribution in [-0.4, -0.2) is 12.5 Å². The first kappa shape index (κ1) is 18.1. The minimum absolute atomic E-state index is 0.0153. The Bertz CT molecular complexity index is 702. The summed E-state index contributed by atoms with van der Waals surface area (Å²) in [7, 11) is 0. The predicted molar refractivity (Wildman–Crippen MR) is 97.7 cm³/mol. The van der Waals surface area contributed by atoms with E-state index in [-0.39, 0.29) is 18.5 Å². The summed E-state index contributed by atoms with van der Waals surface area (Å²) in [5, 5.41) is 7.45. The number of carbonyl (C=O) groups excluding carboxylic acids is 1. The number of nitrogens with one attached hydrogen (secondary N) is 2. The second kappa shape index (κ2) is 8.02. The maximum absolute atomic E-state index is 12.1. The van der Waals surface area contributed by atoms with Gasteiger partial charge in [0.2, 0.25) is 5.91 Å². The van der Waals surface area contributed by atoms with Crippen molar-refractivity contribution in [3.63, 3.8) is 0 Å². The number of halogens is 3. The summed E-state index contributed by atoms with van der Waals surface area (Å²) in [5.41, 5.74) is 2.35. The summed E-state index contributed by atoms with van der Waals surface area (Å²) in [6.45, 7) is 3.97. The molecule has 122 valence electrons. The van der Waals surface area contributed by atoms with Crippen LogP contribution in [0.1, 0.15) is 24.1 Å². The molecule has 1 amide bonds. The quantitative estimate of drug-likeness (QED) is 0.754. The van der Waals surface area contributed by atoms with Gasteiger partial charge in [0.15, 0.2) is 0 Å². The number of hydrogen-bond acceptors (Lipinski definition) is 2. The van der Waals surface area contributed by atoms with Crippen molar-refractivity contribution in [3.8, 4) is 0 Å². The molecule has 0 aromatic heterocycles. The number of anilines is 1. The minimum atomic E-state index is -0.208. The second-order valence-corrected chi connectivity index (χ2v) is 6.48. The number of carbonyl (C=O) groups is 1. The van der Waals surface area contributed by atoms with Gasteiger partial charge in [0, 0.05) is 11.1 Å². The van der Waals surface area contributed by atoms with Crippen LogP contribution in [0.3, 0.4) is 0 Å². The van der Waals surface area contributed by atoms with Gasteiger partial charge in [0.25, 0.3) is 0 Å². The molecule has 0 bridgehead atoms. The van der Waals surface area contributed by atoms with Gasteiger partial charge in [-0.15, -0.1) is 0 Å². The van der Waals surface area contributed by atoms with Gasteiger partial charge >= 0.3 is 0 Å². The summed E-state index contributed by atoms with van der Waals surface area (Å²) < 4.78 is 0. The lowest BCUT2D eigenvalue weighted by Gasteiger charge is -2.15. The molecule has 0 aliphatic rings. The average molecular weight is 372 g/mol. The highest BCUT2D eigenvalue weighted by Gasteiger charge is 2.13. The van der Waals surface area contributed by atoms with Gasteiger partial charge in [0.05, 0.1) is 22.3 Å². The van der Waals surface area contributed by atoms with E-state index in [2.05, 4.69) is 10.6 Å². The van der Waals surface area contributed by atoms with Gasteiger partial charge in [-0.1, -0.05) is 53.0 Å². The second-order valence-electron chi connectivity index (χ2n) is 5.26. The van der Waals surface area contributed by atoms with Crippen molar-refractivity contribution < 1.29 is 4.79 Å². The molecule has 2 rings (SSSR count). The number of benzene rings is 2. The Morgan fingerprint density at radius 2 is 1.74 bits per heavy atom. The topological polar surface area (TPSA) is 41.1 Å². The maximum Gasteiger partial charge on any atom is 0.238 e. The number of hydrogen-bond donors (Lipinski definition) is 2. The molecule has 6 heteroatoms. The smallest absolute Gasteiger partial charge is 0.238 e. The molecule has 2 aromatic rings. The van der Waals surface area contributed by atoms with E-state index in [4.69, 9.17) is 34.8 Å². The third-order valence-corrected chi connectivity index (χ3v) is 4.54. The fourth-order valence-corrected chi connectivity index (χ4v) is 2.66. The Balaban J connectivity index is 1.95. The van der Waals surface area contributed by atoms with E-state index < -0.39 is 0 Å². The van der Waals surface area contributed by atoms with Gasteiger partial charge in [-0.2, -0.15) is 0 Å². The number of amides is 1. The molecule has 0 aliphatic carbocycles. The standard InChI is InChI=1S/C17H17Cl3N2O/c1-10-3-8-14(19)17(16(10)20)22-15(23)9-21-11(2)12-4-6-13(18)7-5-12/h3-8,11,21H,9H2,1-2H3,(H,22,23)/t11-/m1/s1. The lowest BCUT2D eigenvalue weighted by atomic mass is 10.1. The maximum atomic E-state index is 12.1. The molecule has 0 spiro atoms. The molecule has 0 aliphatic heterocycles. The molecule has 0 radical (unpaired) electrons. The third-order valence-electron chi connectivity index (χ3n) is 3.49. The van der Waals surface area contributed by atoms with Crippen molar-refractivity contribution in [2.75, 3.05) is 11.9 Å². The van der Waals surface area contributed by atoms with Gasteiger partial charge in [0.1, 0.15) is 0 Å². The molecule has 2 N–H and O–H groups in total. The van der Waals surface area contributed by atoms with Crippen LogP contribution < -0.4 is 10.6 Å². The fourth-order valence-electron chi connectivity index (χ4n) is 2.07. The SMILES string of the molecule is Cc1ccc(Cl)c(NC(=O)CN[C@H](C)c2ccc(Cl)cc2)c1Cl. The van der Waals surface area contributed by atoms with Crippen LogP contribution >= 0.6 is 34.8 Å². The lowest BCUT2D eigenvalue weighted by Crippen LogP contribution is -2.30. The van der Waals surface area contributed by atoms with Crippen molar-refractivity contribution >= 4 is 46.4 Å². The molecule has 0 fully saturated rings. The molecule has 3 nitrogen and oxygen atoms in total. The Labute approximate surface area is 150 Å². The Kier molecular flexibility index (Phi) is 6.31. The van der Waals surface area contributed by atoms with Crippen molar-refractivity contribution in [1.29, 1.82) is 0 Å². The van der Waals surface area contributed by atoms with E-state index in [1.54, 1.807) is 12.1 Å². The van der Waals surface area contributed by atoms with Gasteiger partial charge in [-0.05, 0) is 43.2 Å². The van der Waals surface area contributed by atoms with Crippen LogP contribution in [-0.2, 0) is 4.79 Å². The Hall–Kier alpha value is -1.26. The molecule has 1 atom stereocenters. The molecule has 0 unspecified atom stereocenters. The molecular formula is C17H17Cl3N2O. The normalized spacial score (nSPS) is 12.0. The van der Waals surface area contributed by atoms with Crippen LogP contribution in [0.15, 0.2) is 36.4 Å².